The largest absolute Gasteiger partial charge is 0.493 e. The maximum Gasteiger partial charge on any atom is 0.161 e. The van der Waals surface area contributed by atoms with Crippen LogP contribution in [-0.4, -0.2) is 14.2 Å². The summed E-state index contributed by atoms with van der Waals surface area (Å²) in [6, 6.07) is 12.2. The highest BCUT2D eigenvalue weighted by Crippen LogP contribution is 2.28. The molecular formula is C16H18BrNO2. The van der Waals surface area contributed by atoms with Gasteiger partial charge in [-0.1, -0.05) is 12.1 Å². The van der Waals surface area contributed by atoms with Crippen molar-refractivity contribution in [3.8, 4) is 11.5 Å². The minimum absolute atomic E-state index is 0.724. The average molecular weight is 336 g/mol. The maximum absolute atomic E-state index is 5.31. The van der Waals surface area contributed by atoms with Crippen LogP contribution in [0.3, 0.4) is 0 Å². The van der Waals surface area contributed by atoms with E-state index in [1.165, 1.54) is 5.56 Å². The van der Waals surface area contributed by atoms with Crippen molar-refractivity contribution < 1.29 is 9.47 Å². The molecule has 0 aliphatic heterocycles. The Labute approximate surface area is 128 Å². The molecule has 2 rings (SSSR count). The fraction of sp³-hybridized carbons (Fsp3) is 0.250. The lowest BCUT2D eigenvalue weighted by Crippen LogP contribution is -2.01. The average Bonchev–Trinajstić information content (AvgIpc) is 2.46. The van der Waals surface area contributed by atoms with E-state index in [9.17, 15) is 0 Å². The molecule has 0 radical (unpaired) electrons. The number of aryl methyl sites for hydroxylation is 1. The highest BCUT2D eigenvalue weighted by Gasteiger charge is 2.05. The van der Waals surface area contributed by atoms with Gasteiger partial charge >= 0.3 is 0 Å². The summed E-state index contributed by atoms with van der Waals surface area (Å²) >= 11 is 3.56. The summed E-state index contributed by atoms with van der Waals surface area (Å²) in [4.78, 5) is 0. The molecule has 106 valence electrons. The first-order valence-electron chi connectivity index (χ1n) is 6.35. The molecule has 0 heterocycles. The fourth-order valence-electron chi connectivity index (χ4n) is 1.95. The van der Waals surface area contributed by atoms with Gasteiger partial charge in [0.05, 0.1) is 14.2 Å². The molecule has 4 heteroatoms. The Morgan fingerprint density at radius 2 is 1.75 bits per heavy atom. The Kier molecular flexibility index (Phi) is 4.90. The van der Waals surface area contributed by atoms with Gasteiger partial charge in [-0.05, 0) is 58.2 Å². The summed E-state index contributed by atoms with van der Waals surface area (Å²) in [6.45, 7) is 2.80. The second-order valence-corrected chi connectivity index (χ2v) is 5.38. The Balaban J connectivity index is 2.10. The van der Waals surface area contributed by atoms with Crippen LogP contribution in [0.25, 0.3) is 0 Å². The summed E-state index contributed by atoms with van der Waals surface area (Å²) in [5.41, 5.74) is 3.44. The predicted octanol–water partition coefficient (Wildman–Crippen LogP) is 4.39. The van der Waals surface area contributed by atoms with Crippen molar-refractivity contribution in [2.45, 2.75) is 13.5 Å². The molecule has 0 saturated heterocycles. The normalized spacial score (nSPS) is 10.2. The second kappa shape index (κ2) is 6.66. The van der Waals surface area contributed by atoms with Crippen LogP contribution in [0.4, 0.5) is 5.69 Å². The number of methoxy groups -OCH3 is 2. The van der Waals surface area contributed by atoms with Crippen LogP contribution in [0.2, 0.25) is 0 Å². The molecular weight excluding hydrogens is 318 g/mol. The van der Waals surface area contributed by atoms with E-state index in [-0.39, 0.29) is 0 Å². The molecule has 0 bridgehead atoms. The molecule has 0 atom stereocenters. The van der Waals surface area contributed by atoms with Gasteiger partial charge in [-0.15, -0.1) is 0 Å². The van der Waals surface area contributed by atoms with Gasteiger partial charge in [0.2, 0.25) is 0 Å². The Morgan fingerprint density at radius 1 is 1.00 bits per heavy atom. The number of nitrogens with one attached hydrogen (secondary N) is 1. The monoisotopic (exact) mass is 335 g/mol. The van der Waals surface area contributed by atoms with Gasteiger partial charge < -0.3 is 14.8 Å². The topological polar surface area (TPSA) is 30.5 Å². The van der Waals surface area contributed by atoms with Gasteiger partial charge in [-0.25, -0.2) is 0 Å². The fourth-order valence-corrected chi connectivity index (χ4v) is 2.58. The first-order chi connectivity index (χ1) is 9.63. The van der Waals surface area contributed by atoms with Gasteiger partial charge in [0.15, 0.2) is 11.5 Å². The van der Waals surface area contributed by atoms with Crippen LogP contribution < -0.4 is 14.8 Å². The van der Waals surface area contributed by atoms with E-state index < -0.39 is 0 Å². The van der Waals surface area contributed by atoms with Crippen LogP contribution in [-0.2, 0) is 6.54 Å². The quantitative estimate of drug-likeness (QED) is 0.879. The Morgan fingerprint density at radius 3 is 2.40 bits per heavy atom. The van der Waals surface area contributed by atoms with E-state index in [1.54, 1.807) is 14.2 Å². The van der Waals surface area contributed by atoms with Crippen molar-refractivity contribution in [2.75, 3.05) is 19.5 Å². The molecule has 1 N–H and O–H groups in total. The minimum Gasteiger partial charge on any atom is -0.493 e. The van der Waals surface area contributed by atoms with E-state index in [1.807, 2.05) is 18.2 Å². The second-order valence-electron chi connectivity index (χ2n) is 4.53. The van der Waals surface area contributed by atoms with Crippen LogP contribution in [0.1, 0.15) is 11.1 Å². The van der Waals surface area contributed by atoms with E-state index in [4.69, 9.17) is 9.47 Å². The molecule has 2 aromatic carbocycles. The third-order valence-electron chi connectivity index (χ3n) is 3.06. The number of hydrogen-bond donors (Lipinski definition) is 1. The SMILES string of the molecule is COc1ccc(CNc2ccc(C)cc2Br)cc1OC. The molecule has 2 aromatic rings. The third-order valence-corrected chi connectivity index (χ3v) is 3.71. The summed E-state index contributed by atoms with van der Waals surface area (Å²) in [7, 11) is 3.28. The number of ether oxygens (including phenoxy) is 2. The Hall–Kier alpha value is -1.68. The van der Waals surface area contributed by atoms with Crippen molar-refractivity contribution >= 4 is 21.6 Å². The zero-order valence-corrected chi connectivity index (χ0v) is 13.5. The van der Waals surface area contributed by atoms with Gasteiger partial charge in [0, 0.05) is 16.7 Å². The third kappa shape index (κ3) is 3.45. The predicted molar refractivity (Wildman–Crippen MR) is 85.8 cm³/mol. The van der Waals surface area contributed by atoms with Crippen molar-refractivity contribution in [1.29, 1.82) is 0 Å². The standard InChI is InChI=1S/C16H18BrNO2/c1-11-4-6-14(13(17)8-11)18-10-12-5-7-15(19-2)16(9-12)20-3/h4-9,18H,10H2,1-3H3. The number of anilines is 1. The van der Waals surface area contributed by atoms with Crippen LogP contribution >= 0.6 is 15.9 Å². The Bertz CT molecular complexity index is 599. The lowest BCUT2D eigenvalue weighted by molar-refractivity contribution is 0.354. The van der Waals surface area contributed by atoms with Gasteiger partial charge in [-0.3, -0.25) is 0 Å². The molecule has 0 amide bonds. The minimum atomic E-state index is 0.724. The van der Waals surface area contributed by atoms with E-state index in [2.05, 4.69) is 46.4 Å². The van der Waals surface area contributed by atoms with E-state index in [0.29, 0.717) is 0 Å². The molecule has 3 nitrogen and oxygen atoms in total. The molecule has 0 aromatic heterocycles. The maximum atomic E-state index is 5.31. The number of hydrogen-bond acceptors (Lipinski definition) is 3. The van der Waals surface area contributed by atoms with Crippen molar-refractivity contribution in [1.82, 2.24) is 0 Å². The van der Waals surface area contributed by atoms with Crippen molar-refractivity contribution in [2.24, 2.45) is 0 Å². The number of rotatable bonds is 5. The van der Waals surface area contributed by atoms with Crippen molar-refractivity contribution in [3.05, 3.63) is 52.0 Å². The first kappa shape index (κ1) is 14.7. The lowest BCUT2D eigenvalue weighted by Gasteiger charge is -2.12. The number of halogens is 1. The molecule has 0 spiro atoms. The van der Waals surface area contributed by atoms with Crippen LogP contribution in [0.5, 0.6) is 11.5 Å². The highest BCUT2D eigenvalue weighted by atomic mass is 79.9. The summed E-state index contributed by atoms with van der Waals surface area (Å²) < 4.78 is 11.6. The summed E-state index contributed by atoms with van der Waals surface area (Å²) in [6.07, 6.45) is 0. The lowest BCUT2D eigenvalue weighted by atomic mass is 10.2. The molecule has 0 saturated carbocycles. The molecule has 0 fully saturated rings. The summed E-state index contributed by atoms with van der Waals surface area (Å²) in [5.74, 6) is 1.49. The first-order valence-corrected chi connectivity index (χ1v) is 7.14. The van der Waals surface area contributed by atoms with E-state index in [0.717, 1.165) is 33.8 Å². The zero-order chi connectivity index (χ0) is 14.5. The van der Waals surface area contributed by atoms with Crippen molar-refractivity contribution in [3.63, 3.8) is 0 Å². The molecule has 0 aliphatic rings. The van der Waals surface area contributed by atoms with Gasteiger partial charge in [0.25, 0.3) is 0 Å². The van der Waals surface area contributed by atoms with Crippen LogP contribution in [0.15, 0.2) is 40.9 Å². The highest BCUT2D eigenvalue weighted by molar-refractivity contribution is 9.10. The van der Waals surface area contributed by atoms with E-state index >= 15 is 0 Å². The van der Waals surface area contributed by atoms with Gasteiger partial charge in [0.1, 0.15) is 0 Å². The van der Waals surface area contributed by atoms with Crippen LogP contribution in [0, 0.1) is 6.92 Å². The van der Waals surface area contributed by atoms with Gasteiger partial charge in [-0.2, -0.15) is 0 Å². The molecule has 20 heavy (non-hydrogen) atoms. The molecule has 0 aliphatic carbocycles. The summed E-state index contributed by atoms with van der Waals surface area (Å²) in [5, 5.41) is 3.40. The number of benzene rings is 2. The molecule has 0 unspecified atom stereocenters. The smallest absolute Gasteiger partial charge is 0.161 e. The zero-order valence-electron chi connectivity index (χ0n) is 11.9.